The summed E-state index contributed by atoms with van der Waals surface area (Å²) in [6.07, 6.45) is 0. The first-order valence-corrected chi connectivity index (χ1v) is 7.01. The molecule has 0 aliphatic heterocycles. The van der Waals surface area contributed by atoms with Gasteiger partial charge in [0, 0.05) is 24.0 Å². The van der Waals surface area contributed by atoms with E-state index in [1.807, 2.05) is 54.6 Å². The smallest absolute Gasteiger partial charge is 0.224 e. The first-order chi connectivity index (χ1) is 9.58. The molecule has 0 saturated carbocycles. The van der Waals surface area contributed by atoms with Crippen LogP contribution in [0, 0.1) is 0 Å². The van der Waals surface area contributed by atoms with Gasteiger partial charge in [-0.05, 0) is 24.3 Å². The Labute approximate surface area is 127 Å². The molecule has 4 heteroatoms. The molecule has 0 aliphatic carbocycles. The first-order valence-electron chi connectivity index (χ1n) is 6.22. The van der Waals surface area contributed by atoms with Crippen LogP contribution >= 0.6 is 15.9 Å². The van der Waals surface area contributed by atoms with Crippen molar-refractivity contribution < 1.29 is 4.79 Å². The van der Waals surface area contributed by atoms with Crippen LogP contribution < -0.4 is 0 Å². The number of halogens is 1. The second-order valence-corrected chi connectivity index (χ2v) is 5.27. The molecular formula is C16H15BrN2O. The molecule has 0 spiro atoms. The number of carbonyl (C=O) groups excluding carboxylic acids is 1. The van der Waals surface area contributed by atoms with Gasteiger partial charge in [-0.25, -0.2) is 4.99 Å². The molecule has 0 heterocycles. The Morgan fingerprint density at radius 2 is 1.65 bits per heavy atom. The lowest BCUT2D eigenvalue weighted by molar-refractivity contribution is -0.124. The van der Waals surface area contributed by atoms with E-state index in [0.717, 1.165) is 15.7 Å². The zero-order chi connectivity index (χ0) is 14.5. The summed E-state index contributed by atoms with van der Waals surface area (Å²) in [4.78, 5) is 17.8. The van der Waals surface area contributed by atoms with Crippen molar-refractivity contribution in [2.75, 3.05) is 7.05 Å². The number of benzene rings is 2. The summed E-state index contributed by atoms with van der Waals surface area (Å²) in [7, 11) is 1.73. The highest BCUT2D eigenvalue weighted by Crippen LogP contribution is 2.19. The zero-order valence-electron chi connectivity index (χ0n) is 11.4. The van der Waals surface area contributed by atoms with E-state index < -0.39 is 0 Å². The third-order valence-corrected chi connectivity index (χ3v) is 3.41. The third kappa shape index (κ3) is 3.54. The predicted octanol–water partition coefficient (Wildman–Crippen LogP) is 4.01. The van der Waals surface area contributed by atoms with Crippen LogP contribution in [-0.2, 0) is 4.79 Å². The van der Waals surface area contributed by atoms with E-state index in [0.29, 0.717) is 5.84 Å². The van der Waals surface area contributed by atoms with E-state index in [1.54, 1.807) is 11.9 Å². The van der Waals surface area contributed by atoms with Gasteiger partial charge in [0.1, 0.15) is 5.84 Å². The second-order valence-electron chi connectivity index (χ2n) is 4.36. The molecule has 0 unspecified atom stereocenters. The number of amidine groups is 1. The standard InChI is InChI=1S/C16H15BrN2O/c1-12(20)19(2)16(13-6-4-3-5-7-13)18-15-10-8-14(17)9-11-15/h3-11H,1-2H3. The van der Waals surface area contributed by atoms with E-state index >= 15 is 0 Å². The summed E-state index contributed by atoms with van der Waals surface area (Å²) in [6.45, 7) is 1.53. The Morgan fingerprint density at radius 1 is 1.05 bits per heavy atom. The minimum absolute atomic E-state index is 0.0512. The lowest BCUT2D eigenvalue weighted by atomic mass is 10.2. The quantitative estimate of drug-likeness (QED) is 0.605. The molecule has 1 amide bonds. The molecule has 2 aromatic rings. The van der Waals surface area contributed by atoms with Crippen molar-refractivity contribution in [3.63, 3.8) is 0 Å². The maximum atomic E-state index is 11.6. The monoisotopic (exact) mass is 330 g/mol. The average Bonchev–Trinajstić information content (AvgIpc) is 2.47. The van der Waals surface area contributed by atoms with Gasteiger partial charge in [-0.2, -0.15) is 0 Å². The molecule has 20 heavy (non-hydrogen) atoms. The van der Waals surface area contributed by atoms with Crippen LogP contribution in [0.3, 0.4) is 0 Å². The van der Waals surface area contributed by atoms with Crippen molar-refractivity contribution in [3.05, 3.63) is 64.6 Å². The topological polar surface area (TPSA) is 32.7 Å². The molecule has 0 fully saturated rings. The van der Waals surface area contributed by atoms with Gasteiger partial charge in [0.2, 0.25) is 5.91 Å². The van der Waals surface area contributed by atoms with Crippen LogP contribution in [0.25, 0.3) is 0 Å². The molecule has 102 valence electrons. The fraction of sp³-hybridized carbons (Fsp3) is 0.125. The molecular weight excluding hydrogens is 316 g/mol. The zero-order valence-corrected chi connectivity index (χ0v) is 13.0. The maximum absolute atomic E-state index is 11.6. The average molecular weight is 331 g/mol. The van der Waals surface area contributed by atoms with Crippen LogP contribution in [-0.4, -0.2) is 23.7 Å². The summed E-state index contributed by atoms with van der Waals surface area (Å²) in [5.41, 5.74) is 1.72. The summed E-state index contributed by atoms with van der Waals surface area (Å²) >= 11 is 3.40. The minimum atomic E-state index is -0.0512. The normalized spacial score (nSPS) is 11.2. The van der Waals surface area contributed by atoms with E-state index in [-0.39, 0.29) is 5.91 Å². The van der Waals surface area contributed by atoms with E-state index in [2.05, 4.69) is 20.9 Å². The highest BCUT2D eigenvalue weighted by atomic mass is 79.9. The number of hydrogen-bond donors (Lipinski definition) is 0. The second kappa shape index (κ2) is 6.48. The van der Waals surface area contributed by atoms with Crippen molar-refractivity contribution in [1.29, 1.82) is 0 Å². The number of amides is 1. The molecule has 2 rings (SSSR count). The fourth-order valence-corrected chi connectivity index (χ4v) is 1.97. The molecule has 0 bridgehead atoms. The summed E-state index contributed by atoms with van der Waals surface area (Å²) in [6, 6.07) is 17.3. The van der Waals surface area contributed by atoms with Crippen molar-refractivity contribution in [2.45, 2.75) is 6.92 Å². The molecule has 3 nitrogen and oxygen atoms in total. The fourth-order valence-electron chi connectivity index (χ4n) is 1.71. The molecule has 0 aliphatic rings. The van der Waals surface area contributed by atoms with Gasteiger partial charge >= 0.3 is 0 Å². The van der Waals surface area contributed by atoms with Crippen LogP contribution in [0.5, 0.6) is 0 Å². The molecule has 0 saturated heterocycles. The summed E-state index contributed by atoms with van der Waals surface area (Å²) in [5, 5.41) is 0. The van der Waals surface area contributed by atoms with Crippen LogP contribution in [0.1, 0.15) is 12.5 Å². The molecule has 0 radical (unpaired) electrons. The lowest BCUT2D eigenvalue weighted by Gasteiger charge is -2.18. The van der Waals surface area contributed by atoms with Crippen molar-refractivity contribution in [2.24, 2.45) is 4.99 Å². The largest absolute Gasteiger partial charge is 0.300 e. The Hall–Kier alpha value is -1.94. The van der Waals surface area contributed by atoms with Crippen LogP contribution in [0.2, 0.25) is 0 Å². The Morgan fingerprint density at radius 3 is 2.20 bits per heavy atom. The van der Waals surface area contributed by atoms with Crippen molar-refractivity contribution >= 4 is 33.4 Å². The SMILES string of the molecule is CC(=O)N(C)C(=Nc1ccc(Br)cc1)c1ccccc1. The number of rotatable bonds is 2. The molecule has 0 aromatic heterocycles. The van der Waals surface area contributed by atoms with Gasteiger partial charge in [0.05, 0.1) is 5.69 Å². The van der Waals surface area contributed by atoms with Gasteiger partial charge in [-0.15, -0.1) is 0 Å². The Kier molecular flexibility index (Phi) is 4.69. The van der Waals surface area contributed by atoms with Gasteiger partial charge in [0.25, 0.3) is 0 Å². The van der Waals surface area contributed by atoms with Gasteiger partial charge < -0.3 is 0 Å². The van der Waals surface area contributed by atoms with Crippen LogP contribution in [0.15, 0.2) is 64.1 Å². The summed E-state index contributed by atoms with van der Waals surface area (Å²) in [5.74, 6) is 0.588. The van der Waals surface area contributed by atoms with E-state index in [4.69, 9.17) is 0 Å². The van der Waals surface area contributed by atoms with Gasteiger partial charge in [-0.1, -0.05) is 46.3 Å². The lowest BCUT2D eigenvalue weighted by Crippen LogP contribution is -2.31. The highest BCUT2D eigenvalue weighted by molar-refractivity contribution is 9.10. The van der Waals surface area contributed by atoms with Crippen molar-refractivity contribution in [1.82, 2.24) is 4.90 Å². The van der Waals surface area contributed by atoms with E-state index in [9.17, 15) is 4.79 Å². The number of hydrogen-bond acceptors (Lipinski definition) is 2. The minimum Gasteiger partial charge on any atom is -0.300 e. The van der Waals surface area contributed by atoms with Gasteiger partial charge in [0.15, 0.2) is 0 Å². The van der Waals surface area contributed by atoms with E-state index in [1.165, 1.54) is 6.92 Å². The van der Waals surface area contributed by atoms with Crippen molar-refractivity contribution in [3.8, 4) is 0 Å². The summed E-state index contributed by atoms with van der Waals surface area (Å²) < 4.78 is 0.998. The first kappa shape index (κ1) is 14.5. The predicted molar refractivity (Wildman–Crippen MR) is 85.2 cm³/mol. The Bertz CT molecular complexity index is 621. The molecule has 2 aromatic carbocycles. The highest BCUT2D eigenvalue weighted by Gasteiger charge is 2.13. The third-order valence-electron chi connectivity index (χ3n) is 2.88. The number of carbonyl (C=O) groups is 1. The number of nitrogens with zero attached hydrogens (tertiary/aromatic N) is 2. The molecule has 0 N–H and O–H groups in total. The Balaban J connectivity index is 2.46. The van der Waals surface area contributed by atoms with Crippen LogP contribution in [0.4, 0.5) is 5.69 Å². The number of aliphatic imine (C=N–C) groups is 1. The van der Waals surface area contributed by atoms with Gasteiger partial charge in [-0.3, -0.25) is 9.69 Å². The maximum Gasteiger partial charge on any atom is 0.224 e. The molecule has 0 atom stereocenters.